The molecule has 2 rings (SSSR count). The van der Waals surface area contributed by atoms with Gasteiger partial charge in [0.1, 0.15) is 5.75 Å². The molecule has 0 aliphatic carbocycles. The minimum atomic E-state index is 0.646. The van der Waals surface area contributed by atoms with Crippen LogP contribution in [0.2, 0.25) is 0 Å². The van der Waals surface area contributed by atoms with Gasteiger partial charge < -0.3 is 4.74 Å². The van der Waals surface area contributed by atoms with E-state index < -0.39 is 0 Å². The first-order chi connectivity index (χ1) is 8.29. The van der Waals surface area contributed by atoms with Gasteiger partial charge in [-0.3, -0.25) is 0 Å². The van der Waals surface area contributed by atoms with Crippen LogP contribution in [0.1, 0.15) is 5.56 Å². The number of hydrogen-bond acceptors (Lipinski definition) is 2. The summed E-state index contributed by atoms with van der Waals surface area (Å²) < 4.78 is 5.49. The zero-order chi connectivity index (χ0) is 12.1. The predicted octanol–water partition coefficient (Wildman–Crippen LogP) is 3.97. The standard InChI is InChI=1S/C15H16OS/c1-12-2-4-13(5-3-12)14-6-8-15(9-7-14)16-10-11-17/h2-9,17H,10-11H2,1H3. The summed E-state index contributed by atoms with van der Waals surface area (Å²) in [6, 6.07) is 16.7. The van der Waals surface area contributed by atoms with E-state index in [-0.39, 0.29) is 0 Å². The van der Waals surface area contributed by atoms with Crippen molar-refractivity contribution in [2.75, 3.05) is 12.4 Å². The molecule has 2 heteroatoms. The molecule has 0 spiro atoms. The van der Waals surface area contributed by atoms with Gasteiger partial charge in [0.2, 0.25) is 0 Å². The van der Waals surface area contributed by atoms with Gasteiger partial charge in [-0.25, -0.2) is 0 Å². The smallest absolute Gasteiger partial charge is 0.119 e. The normalized spacial score (nSPS) is 10.2. The van der Waals surface area contributed by atoms with Crippen molar-refractivity contribution in [2.45, 2.75) is 6.92 Å². The first-order valence-corrected chi connectivity index (χ1v) is 6.33. The number of thiol groups is 1. The van der Waals surface area contributed by atoms with Crippen molar-refractivity contribution in [2.24, 2.45) is 0 Å². The van der Waals surface area contributed by atoms with E-state index in [0.29, 0.717) is 6.61 Å². The summed E-state index contributed by atoms with van der Waals surface area (Å²) in [6.45, 7) is 2.74. The molecule has 0 aliphatic heterocycles. The third-order valence-corrected chi connectivity index (χ3v) is 2.78. The Morgan fingerprint density at radius 1 is 0.882 bits per heavy atom. The third kappa shape index (κ3) is 3.27. The Bertz CT molecular complexity index is 459. The summed E-state index contributed by atoms with van der Waals surface area (Å²) in [4.78, 5) is 0. The van der Waals surface area contributed by atoms with E-state index in [4.69, 9.17) is 4.74 Å². The predicted molar refractivity (Wildman–Crippen MR) is 76.0 cm³/mol. The number of hydrogen-bond donors (Lipinski definition) is 1. The van der Waals surface area contributed by atoms with Gasteiger partial charge in [0, 0.05) is 5.75 Å². The molecule has 2 aromatic rings. The fraction of sp³-hybridized carbons (Fsp3) is 0.200. The Balaban J connectivity index is 2.14. The lowest BCUT2D eigenvalue weighted by atomic mass is 10.0. The van der Waals surface area contributed by atoms with Crippen molar-refractivity contribution >= 4 is 12.6 Å². The minimum Gasteiger partial charge on any atom is -0.493 e. The Labute approximate surface area is 108 Å². The molecule has 0 radical (unpaired) electrons. The highest BCUT2D eigenvalue weighted by Gasteiger charge is 1.98. The maximum Gasteiger partial charge on any atom is 0.119 e. The average molecular weight is 244 g/mol. The lowest BCUT2D eigenvalue weighted by Gasteiger charge is -2.06. The SMILES string of the molecule is Cc1ccc(-c2ccc(OCCS)cc2)cc1. The first kappa shape index (κ1) is 12.1. The van der Waals surface area contributed by atoms with Crippen LogP contribution in [0.25, 0.3) is 11.1 Å². The average Bonchev–Trinajstić information content (AvgIpc) is 2.38. The van der Waals surface area contributed by atoms with Gasteiger partial charge in [0.25, 0.3) is 0 Å². The Hall–Kier alpha value is -1.41. The summed E-state index contributed by atoms with van der Waals surface area (Å²) in [7, 11) is 0. The monoisotopic (exact) mass is 244 g/mol. The summed E-state index contributed by atoms with van der Waals surface area (Å²) >= 11 is 4.11. The van der Waals surface area contributed by atoms with Crippen LogP contribution < -0.4 is 4.74 Å². The van der Waals surface area contributed by atoms with E-state index in [1.165, 1.54) is 16.7 Å². The van der Waals surface area contributed by atoms with Crippen LogP contribution in [0, 0.1) is 6.92 Å². The summed E-state index contributed by atoms with van der Waals surface area (Å²) in [5.74, 6) is 1.63. The molecule has 0 atom stereocenters. The van der Waals surface area contributed by atoms with Crippen LogP contribution in [0.4, 0.5) is 0 Å². The van der Waals surface area contributed by atoms with Gasteiger partial charge in [0.05, 0.1) is 6.61 Å². The number of benzene rings is 2. The Kier molecular flexibility index (Phi) is 4.10. The fourth-order valence-electron chi connectivity index (χ4n) is 1.65. The number of ether oxygens (including phenoxy) is 1. The number of rotatable bonds is 4. The fourth-order valence-corrected chi connectivity index (χ4v) is 1.74. The molecular weight excluding hydrogens is 228 g/mol. The van der Waals surface area contributed by atoms with Crippen LogP contribution in [0.3, 0.4) is 0 Å². The summed E-state index contributed by atoms with van der Waals surface area (Å²) in [6.07, 6.45) is 0. The van der Waals surface area contributed by atoms with Crippen molar-refractivity contribution in [1.82, 2.24) is 0 Å². The molecule has 0 fully saturated rings. The molecule has 1 nitrogen and oxygen atoms in total. The van der Waals surface area contributed by atoms with E-state index in [1.807, 2.05) is 12.1 Å². The van der Waals surface area contributed by atoms with Gasteiger partial charge in [0.15, 0.2) is 0 Å². The summed E-state index contributed by atoms with van der Waals surface area (Å²) in [5, 5.41) is 0. The third-order valence-electron chi connectivity index (χ3n) is 2.60. The molecule has 17 heavy (non-hydrogen) atoms. The highest BCUT2D eigenvalue weighted by molar-refractivity contribution is 7.80. The molecule has 0 aliphatic rings. The highest BCUT2D eigenvalue weighted by atomic mass is 32.1. The maximum atomic E-state index is 5.49. The quantitative estimate of drug-likeness (QED) is 0.801. The van der Waals surface area contributed by atoms with Crippen molar-refractivity contribution in [3.05, 3.63) is 54.1 Å². The van der Waals surface area contributed by atoms with Gasteiger partial charge in [-0.2, -0.15) is 12.6 Å². The molecule has 0 N–H and O–H groups in total. The minimum absolute atomic E-state index is 0.646. The van der Waals surface area contributed by atoms with Crippen LogP contribution in [-0.4, -0.2) is 12.4 Å². The van der Waals surface area contributed by atoms with Crippen LogP contribution in [0.5, 0.6) is 5.75 Å². The molecule has 0 unspecified atom stereocenters. The van der Waals surface area contributed by atoms with Crippen molar-refractivity contribution in [1.29, 1.82) is 0 Å². The van der Waals surface area contributed by atoms with E-state index >= 15 is 0 Å². The van der Waals surface area contributed by atoms with Crippen LogP contribution in [0.15, 0.2) is 48.5 Å². The topological polar surface area (TPSA) is 9.23 Å². The lowest BCUT2D eigenvalue weighted by Crippen LogP contribution is -1.97. The van der Waals surface area contributed by atoms with E-state index in [1.54, 1.807) is 0 Å². The zero-order valence-electron chi connectivity index (χ0n) is 9.89. The van der Waals surface area contributed by atoms with Crippen molar-refractivity contribution < 1.29 is 4.74 Å². The molecular formula is C15H16OS. The molecule has 0 amide bonds. The first-order valence-electron chi connectivity index (χ1n) is 5.70. The van der Waals surface area contributed by atoms with Gasteiger partial charge >= 0.3 is 0 Å². The molecule has 0 aromatic heterocycles. The van der Waals surface area contributed by atoms with E-state index in [0.717, 1.165) is 11.5 Å². The maximum absolute atomic E-state index is 5.49. The van der Waals surface area contributed by atoms with E-state index in [9.17, 15) is 0 Å². The molecule has 0 saturated heterocycles. The summed E-state index contributed by atoms with van der Waals surface area (Å²) in [5.41, 5.74) is 3.72. The second-order valence-electron chi connectivity index (χ2n) is 3.96. The number of aryl methyl sites for hydroxylation is 1. The lowest BCUT2D eigenvalue weighted by molar-refractivity contribution is 0.344. The van der Waals surface area contributed by atoms with Gasteiger partial charge in [-0.15, -0.1) is 0 Å². The molecule has 0 heterocycles. The Morgan fingerprint density at radius 3 is 1.94 bits per heavy atom. The van der Waals surface area contributed by atoms with E-state index in [2.05, 4.69) is 56.0 Å². The Morgan fingerprint density at radius 2 is 1.41 bits per heavy atom. The molecule has 0 bridgehead atoms. The molecule has 2 aromatic carbocycles. The van der Waals surface area contributed by atoms with Gasteiger partial charge in [-0.1, -0.05) is 42.0 Å². The second-order valence-corrected chi connectivity index (χ2v) is 4.41. The van der Waals surface area contributed by atoms with Crippen LogP contribution >= 0.6 is 12.6 Å². The second kappa shape index (κ2) is 5.78. The van der Waals surface area contributed by atoms with Crippen LogP contribution in [-0.2, 0) is 0 Å². The zero-order valence-corrected chi connectivity index (χ0v) is 10.8. The van der Waals surface area contributed by atoms with Crippen molar-refractivity contribution in [3.8, 4) is 16.9 Å². The largest absolute Gasteiger partial charge is 0.493 e. The van der Waals surface area contributed by atoms with Gasteiger partial charge in [-0.05, 0) is 30.2 Å². The highest BCUT2D eigenvalue weighted by Crippen LogP contribution is 2.22. The van der Waals surface area contributed by atoms with Crippen molar-refractivity contribution in [3.63, 3.8) is 0 Å². The molecule has 88 valence electrons. The molecule has 0 saturated carbocycles.